The van der Waals surface area contributed by atoms with Gasteiger partial charge in [0.1, 0.15) is 0 Å². The Labute approximate surface area is 93.6 Å². The van der Waals surface area contributed by atoms with Gasteiger partial charge < -0.3 is 5.41 Å². The van der Waals surface area contributed by atoms with Crippen LogP contribution in [0.3, 0.4) is 0 Å². The van der Waals surface area contributed by atoms with E-state index >= 15 is 0 Å². The molecule has 0 aliphatic heterocycles. The number of nitrogens with zero attached hydrogens (tertiary/aromatic N) is 4. The molecule has 1 heterocycles. The van der Waals surface area contributed by atoms with Gasteiger partial charge in [-0.3, -0.25) is 0 Å². The lowest BCUT2D eigenvalue weighted by molar-refractivity contribution is 0.507. The van der Waals surface area contributed by atoms with Crippen LogP contribution in [0.15, 0.2) is 30.3 Å². The number of hydrogen-bond acceptors (Lipinski definition) is 4. The number of unbranched alkanes of at least 4 members (excludes halogenated alkanes) is 1. The summed E-state index contributed by atoms with van der Waals surface area (Å²) in [7, 11) is 0. The van der Waals surface area contributed by atoms with Crippen LogP contribution in [0.25, 0.3) is 11.4 Å². The molecule has 0 atom stereocenters. The molecule has 0 fully saturated rings. The van der Waals surface area contributed by atoms with E-state index in [-0.39, 0.29) is 0 Å². The van der Waals surface area contributed by atoms with Gasteiger partial charge in [0.15, 0.2) is 0 Å². The zero-order valence-electron chi connectivity index (χ0n) is 8.87. The normalized spacial score (nSPS) is 10.2. The van der Waals surface area contributed by atoms with Crippen LogP contribution in [-0.4, -0.2) is 26.4 Å². The Bertz CT molecular complexity index is 448. The average Bonchev–Trinajstić information content (AvgIpc) is 2.79. The van der Waals surface area contributed by atoms with Crippen molar-refractivity contribution in [1.82, 2.24) is 20.2 Å². The predicted molar refractivity (Wildman–Crippen MR) is 61.3 cm³/mol. The lowest BCUT2D eigenvalue weighted by Crippen LogP contribution is -2.02. The molecule has 2 aromatic rings. The fourth-order valence-corrected chi connectivity index (χ4v) is 1.38. The van der Waals surface area contributed by atoms with Crippen LogP contribution in [0.4, 0.5) is 0 Å². The molecule has 0 amide bonds. The molecular formula is C11H13N5. The monoisotopic (exact) mass is 215 g/mol. The minimum absolute atomic E-state index is 0.649. The minimum atomic E-state index is 0.649. The molecule has 0 spiro atoms. The minimum Gasteiger partial charge on any atom is -0.313 e. The first kappa shape index (κ1) is 10.5. The number of benzene rings is 1. The number of rotatable bonds is 5. The summed E-state index contributed by atoms with van der Waals surface area (Å²) >= 11 is 0. The Kier molecular flexibility index (Phi) is 3.38. The molecule has 1 aromatic carbocycles. The Balaban J connectivity index is 2.05. The zero-order valence-corrected chi connectivity index (χ0v) is 8.87. The SMILES string of the molecule is N=CCCCn1nnc(-c2ccccc2)n1. The maximum Gasteiger partial charge on any atom is 0.204 e. The molecule has 1 N–H and O–H groups in total. The maximum atomic E-state index is 6.92. The van der Waals surface area contributed by atoms with E-state index in [1.54, 1.807) is 4.80 Å². The van der Waals surface area contributed by atoms with Crippen molar-refractivity contribution in [2.45, 2.75) is 19.4 Å². The van der Waals surface area contributed by atoms with Crippen molar-refractivity contribution in [3.05, 3.63) is 30.3 Å². The molecule has 16 heavy (non-hydrogen) atoms. The van der Waals surface area contributed by atoms with Crippen molar-refractivity contribution in [2.24, 2.45) is 0 Å². The second kappa shape index (κ2) is 5.16. The Morgan fingerprint density at radius 1 is 1.25 bits per heavy atom. The molecular weight excluding hydrogens is 202 g/mol. The number of aryl methyl sites for hydroxylation is 1. The van der Waals surface area contributed by atoms with Gasteiger partial charge in [0.25, 0.3) is 0 Å². The molecule has 0 aliphatic rings. The largest absolute Gasteiger partial charge is 0.313 e. The molecule has 0 saturated heterocycles. The van der Waals surface area contributed by atoms with Gasteiger partial charge in [0, 0.05) is 5.56 Å². The molecule has 5 heteroatoms. The highest BCUT2D eigenvalue weighted by atomic mass is 15.6. The first-order valence-corrected chi connectivity index (χ1v) is 5.22. The Morgan fingerprint density at radius 3 is 2.81 bits per heavy atom. The van der Waals surface area contributed by atoms with E-state index in [9.17, 15) is 0 Å². The molecule has 0 radical (unpaired) electrons. The van der Waals surface area contributed by atoms with Crippen LogP contribution in [0.2, 0.25) is 0 Å². The van der Waals surface area contributed by atoms with Crippen LogP contribution >= 0.6 is 0 Å². The zero-order chi connectivity index (χ0) is 11.2. The van der Waals surface area contributed by atoms with E-state index in [0.717, 1.165) is 18.4 Å². The van der Waals surface area contributed by atoms with Gasteiger partial charge in [-0.25, -0.2) is 0 Å². The van der Waals surface area contributed by atoms with Gasteiger partial charge in [-0.1, -0.05) is 30.3 Å². The van der Waals surface area contributed by atoms with Crippen molar-refractivity contribution in [1.29, 1.82) is 5.41 Å². The summed E-state index contributed by atoms with van der Waals surface area (Å²) in [5.74, 6) is 0.649. The molecule has 82 valence electrons. The highest BCUT2D eigenvalue weighted by molar-refractivity contribution is 5.53. The van der Waals surface area contributed by atoms with Crippen LogP contribution in [-0.2, 0) is 6.54 Å². The van der Waals surface area contributed by atoms with E-state index < -0.39 is 0 Å². The van der Waals surface area contributed by atoms with E-state index in [1.807, 2.05) is 30.3 Å². The maximum absolute atomic E-state index is 6.92. The summed E-state index contributed by atoms with van der Waals surface area (Å²) in [5.41, 5.74) is 0.973. The Morgan fingerprint density at radius 2 is 2.06 bits per heavy atom. The van der Waals surface area contributed by atoms with Crippen molar-refractivity contribution in [3.63, 3.8) is 0 Å². The van der Waals surface area contributed by atoms with E-state index in [0.29, 0.717) is 12.4 Å². The van der Waals surface area contributed by atoms with E-state index in [4.69, 9.17) is 5.41 Å². The van der Waals surface area contributed by atoms with Crippen molar-refractivity contribution in [3.8, 4) is 11.4 Å². The van der Waals surface area contributed by atoms with Gasteiger partial charge in [0.05, 0.1) is 6.54 Å². The summed E-state index contributed by atoms with van der Waals surface area (Å²) in [4.78, 5) is 1.58. The number of aromatic nitrogens is 4. The molecule has 0 saturated carbocycles. The topological polar surface area (TPSA) is 67.5 Å². The van der Waals surface area contributed by atoms with Gasteiger partial charge in [-0.15, -0.1) is 10.2 Å². The van der Waals surface area contributed by atoms with Crippen LogP contribution in [0.5, 0.6) is 0 Å². The first-order chi connectivity index (χ1) is 7.90. The summed E-state index contributed by atoms with van der Waals surface area (Å²) in [5, 5.41) is 19.1. The molecule has 5 nitrogen and oxygen atoms in total. The molecule has 2 rings (SSSR count). The average molecular weight is 215 g/mol. The standard InChI is InChI=1S/C11H13N5/c12-8-4-5-9-16-14-11(13-15-16)10-6-2-1-3-7-10/h1-3,6-8,12H,4-5,9H2. The second-order valence-corrected chi connectivity index (χ2v) is 3.42. The number of tetrazole rings is 1. The second-order valence-electron chi connectivity index (χ2n) is 3.42. The molecule has 0 aliphatic carbocycles. The predicted octanol–water partition coefficient (Wildman–Crippen LogP) is 1.77. The third-order valence-electron chi connectivity index (χ3n) is 2.19. The third kappa shape index (κ3) is 2.50. The molecule has 1 aromatic heterocycles. The number of nitrogens with one attached hydrogen (secondary N) is 1. The third-order valence-corrected chi connectivity index (χ3v) is 2.19. The van der Waals surface area contributed by atoms with Gasteiger partial charge in [-0.2, -0.15) is 4.80 Å². The summed E-state index contributed by atoms with van der Waals surface area (Å²) in [6.45, 7) is 0.704. The van der Waals surface area contributed by atoms with E-state index in [1.165, 1.54) is 6.21 Å². The highest BCUT2D eigenvalue weighted by Crippen LogP contribution is 2.11. The molecule has 0 unspecified atom stereocenters. The van der Waals surface area contributed by atoms with Crippen molar-refractivity contribution >= 4 is 6.21 Å². The quantitative estimate of drug-likeness (QED) is 0.610. The van der Waals surface area contributed by atoms with Crippen molar-refractivity contribution in [2.75, 3.05) is 0 Å². The fourth-order valence-electron chi connectivity index (χ4n) is 1.38. The fraction of sp³-hybridized carbons (Fsp3) is 0.273. The summed E-state index contributed by atoms with van der Waals surface area (Å²) in [6.07, 6.45) is 3.02. The lowest BCUT2D eigenvalue weighted by Gasteiger charge is -1.94. The lowest BCUT2D eigenvalue weighted by atomic mass is 10.2. The Hall–Kier alpha value is -2.04. The van der Waals surface area contributed by atoms with Gasteiger partial charge in [-0.05, 0) is 24.3 Å². The van der Waals surface area contributed by atoms with Gasteiger partial charge in [0.2, 0.25) is 5.82 Å². The molecule has 0 bridgehead atoms. The van der Waals surface area contributed by atoms with Crippen LogP contribution in [0.1, 0.15) is 12.8 Å². The van der Waals surface area contributed by atoms with E-state index in [2.05, 4.69) is 15.4 Å². The summed E-state index contributed by atoms with van der Waals surface area (Å²) in [6, 6.07) is 9.77. The van der Waals surface area contributed by atoms with Crippen LogP contribution < -0.4 is 0 Å². The highest BCUT2D eigenvalue weighted by Gasteiger charge is 2.03. The first-order valence-electron chi connectivity index (χ1n) is 5.22. The van der Waals surface area contributed by atoms with Crippen LogP contribution in [0, 0.1) is 5.41 Å². The van der Waals surface area contributed by atoms with Crippen molar-refractivity contribution < 1.29 is 0 Å². The van der Waals surface area contributed by atoms with Gasteiger partial charge >= 0.3 is 0 Å². The smallest absolute Gasteiger partial charge is 0.204 e. The number of hydrogen-bond donors (Lipinski definition) is 1. The summed E-state index contributed by atoms with van der Waals surface area (Å²) < 4.78 is 0.